The minimum atomic E-state index is 0.193. The van der Waals surface area contributed by atoms with E-state index < -0.39 is 0 Å². The number of rotatable bonds is 6. The first kappa shape index (κ1) is 17.9. The Morgan fingerprint density at radius 2 is 2.07 bits per heavy atom. The summed E-state index contributed by atoms with van der Waals surface area (Å²) in [7, 11) is 0. The average molecular weight is 370 g/mol. The largest absolute Gasteiger partial charge is 0.470 e. The van der Waals surface area contributed by atoms with E-state index in [9.17, 15) is 4.79 Å². The minimum Gasteiger partial charge on any atom is -0.470 e. The van der Waals surface area contributed by atoms with Crippen molar-refractivity contribution < 1.29 is 9.53 Å². The van der Waals surface area contributed by atoms with Crippen molar-refractivity contribution in [3.63, 3.8) is 0 Å². The molecule has 1 unspecified atom stereocenters. The van der Waals surface area contributed by atoms with Gasteiger partial charge in [-0.25, -0.2) is 9.67 Å². The number of carbonyl (C=O) groups excluding carboxylic acids is 1. The highest BCUT2D eigenvalue weighted by Gasteiger charge is 2.29. The number of likely N-dealkylation sites (tertiary alicyclic amines) is 1. The maximum atomic E-state index is 12.6. The quantitative estimate of drug-likeness (QED) is 0.776. The molecule has 1 aliphatic carbocycles. The molecule has 0 spiro atoms. The topological polar surface area (TPSA) is 86.0 Å². The van der Waals surface area contributed by atoms with Crippen LogP contribution in [0.5, 0.6) is 5.88 Å². The van der Waals surface area contributed by atoms with Crippen LogP contribution in [0, 0.1) is 5.92 Å². The Bertz CT molecular complexity index is 744. The summed E-state index contributed by atoms with van der Waals surface area (Å²) in [4.78, 5) is 22.6. The van der Waals surface area contributed by atoms with Gasteiger partial charge in [0.2, 0.25) is 11.8 Å². The molecular weight excluding hydrogens is 344 g/mol. The fourth-order valence-corrected chi connectivity index (χ4v) is 4.02. The molecule has 8 nitrogen and oxygen atoms in total. The molecule has 1 aliphatic heterocycles. The standard InChI is InChI=1S/C19H26N6O2/c26-19(10-15-4-2-1-3-5-15)24-9-6-17(13-24)25-12-16(22-23-25)14-27-18-11-20-7-8-21-18/h7-8,11-12,15,17H,1-6,9-10,13-14H2. The van der Waals surface area contributed by atoms with Crippen LogP contribution in [-0.4, -0.2) is 48.9 Å². The van der Waals surface area contributed by atoms with Crippen molar-refractivity contribution in [1.29, 1.82) is 0 Å². The molecule has 2 aromatic rings. The highest BCUT2D eigenvalue weighted by atomic mass is 16.5. The Hall–Kier alpha value is -2.51. The molecule has 4 rings (SSSR count). The summed E-state index contributed by atoms with van der Waals surface area (Å²) >= 11 is 0. The lowest BCUT2D eigenvalue weighted by atomic mass is 9.87. The normalized spacial score (nSPS) is 20.7. The summed E-state index contributed by atoms with van der Waals surface area (Å²) in [6, 6.07) is 0.193. The molecule has 27 heavy (non-hydrogen) atoms. The van der Waals surface area contributed by atoms with Gasteiger partial charge in [-0.1, -0.05) is 24.5 Å². The van der Waals surface area contributed by atoms with Crippen LogP contribution in [-0.2, 0) is 11.4 Å². The van der Waals surface area contributed by atoms with E-state index in [1.807, 2.05) is 15.8 Å². The maximum Gasteiger partial charge on any atom is 0.232 e. The summed E-state index contributed by atoms with van der Waals surface area (Å²) in [5.74, 6) is 1.35. The molecule has 2 fully saturated rings. The smallest absolute Gasteiger partial charge is 0.232 e. The molecule has 2 aliphatic rings. The first-order chi connectivity index (χ1) is 13.3. The molecule has 144 valence electrons. The van der Waals surface area contributed by atoms with Crippen LogP contribution < -0.4 is 4.74 Å². The lowest BCUT2D eigenvalue weighted by Gasteiger charge is -2.24. The van der Waals surface area contributed by atoms with Crippen molar-refractivity contribution in [1.82, 2.24) is 29.9 Å². The second-order valence-corrected chi connectivity index (χ2v) is 7.51. The van der Waals surface area contributed by atoms with Gasteiger partial charge in [-0.15, -0.1) is 5.10 Å². The number of amides is 1. The van der Waals surface area contributed by atoms with Crippen molar-refractivity contribution in [3.8, 4) is 5.88 Å². The van der Waals surface area contributed by atoms with E-state index in [0.29, 0.717) is 30.7 Å². The minimum absolute atomic E-state index is 0.193. The number of hydrogen-bond donors (Lipinski definition) is 0. The molecule has 8 heteroatoms. The van der Waals surface area contributed by atoms with E-state index in [4.69, 9.17) is 4.74 Å². The fraction of sp³-hybridized carbons (Fsp3) is 0.632. The van der Waals surface area contributed by atoms with Crippen LogP contribution in [0.4, 0.5) is 0 Å². The third kappa shape index (κ3) is 4.61. The Morgan fingerprint density at radius 3 is 2.89 bits per heavy atom. The van der Waals surface area contributed by atoms with E-state index in [1.54, 1.807) is 18.6 Å². The molecule has 0 N–H and O–H groups in total. The number of ether oxygens (including phenoxy) is 1. The SMILES string of the molecule is O=C(CC1CCCCC1)N1CCC(n2cc(COc3cnccn3)nn2)C1. The van der Waals surface area contributed by atoms with Crippen molar-refractivity contribution in [2.75, 3.05) is 13.1 Å². The van der Waals surface area contributed by atoms with Crippen LogP contribution in [0.2, 0.25) is 0 Å². The highest BCUT2D eigenvalue weighted by Crippen LogP contribution is 2.28. The maximum absolute atomic E-state index is 12.6. The molecular formula is C19H26N6O2. The van der Waals surface area contributed by atoms with Gasteiger partial charge >= 0.3 is 0 Å². The fourth-order valence-electron chi connectivity index (χ4n) is 4.02. The monoisotopic (exact) mass is 370 g/mol. The average Bonchev–Trinajstić information content (AvgIpc) is 3.37. The zero-order valence-electron chi connectivity index (χ0n) is 15.5. The second kappa shape index (κ2) is 8.45. The molecule has 1 amide bonds. The van der Waals surface area contributed by atoms with Gasteiger partial charge in [0.05, 0.1) is 18.4 Å². The number of aromatic nitrogens is 5. The van der Waals surface area contributed by atoms with E-state index in [1.165, 1.54) is 32.1 Å². The van der Waals surface area contributed by atoms with Crippen LogP contribution in [0.15, 0.2) is 24.8 Å². The highest BCUT2D eigenvalue weighted by molar-refractivity contribution is 5.76. The lowest BCUT2D eigenvalue weighted by molar-refractivity contribution is -0.131. The van der Waals surface area contributed by atoms with Crippen LogP contribution in [0.25, 0.3) is 0 Å². The van der Waals surface area contributed by atoms with Crippen molar-refractivity contribution >= 4 is 5.91 Å². The molecule has 3 heterocycles. The molecule has 0 radical (unpaired) electrons. The Kier molecular flexibility index (Phi) is 5.60. The van der Waals surface area contributed by atoms with Crippen molar-refractivity contribution in [3.05, 3.63) is 30.5 Å². The van der Waals surface area contributed by atoms with E-state index in [0.717, 1.165) is 25.2 Å². The molecule has 1 saturated heterocycles. The van der Waals surface area contributed by atoms with Gasteiger partial charge < -0.3 is 9.64 Å². The van der Waals surface area contributed by atoms with E-state index >= 15 is 0 Å². The first-order valence-corrected chi connectivity index (χ1v) is 9.85. The Balaban J connectivity index is 1.27. The molecule has 1 saturated carbocycles. The summed E-state index contributed by atoms with van der Waals surface area (Å²) in [6.07, 6.45) is 14.6. The van der Waals surface area contributed by atoms with Crippen molar-refractivity contribution in [2.45, 2.75) is 57.6 Å². The molecule has 0 aromatic carbocycles. The van der Waals surface area contributed by atoms with Crippen LogP contribution in [0.3, 0.4) is 0 Å². The van der Waals surface area contributed by atoms with Gasteiger partial charge in [0.1, 0.15) is 12.3 Å². The van der Waals surface area contributed by atoms with Crippen molar-refractivity contribution in [2.24, 2.45) is 5.92 Å². The van der Waals surface area contributed by atoms with Gasteiger partial charge in [-0.3, -0.25) is 9.78 Å². The van der Waals surface area contributed by atoms with Gasteiger partial charge in [-0.2, -0.15) is 0 Å². The van der Waals surface area contributed by atoms with Gasteiger partial charge in [0.15, 0.2) is 0 Å². The zero-order valence-corrected chi connectivity index (χ0v) is 15.5. The Labute approximate surface area is 158 Å². The predicted molar refractivity (Wildman–Crippen MR) is 97.8 cm³/mol. The molecule has 2 aromatic heterocycles. The zero-order chi connectivity index (χ0) is 18.5. The molecule has 1 atom stereocenters. The Morgan fingerprint density at radius 1 is 1.19 bits per heavy atom. The van der Waals surface area contributed by atoms with Gasteiger partial charge in [0, 0.05) is 31.9 Å². The predicted octanol–water partition coefficient (Wildman–Crippen LogP) is 2.39. The molecule has 0 bridgehead atoms. The number of hydrogen-bond acceptors (Lipinski definition) is 6. The van der Waals surface area contributed by atoms with E-state index in [-0.39, 0.29) is 6.04 Å². The lowest BCUT2D eigenvalue weighted by Crippen LogP contribution is -2.31. The van der Waals surface area contributed by atoms with Crippen LogP contribution in [0.1, 0.15) is 56.7 Å². The third-order valence-electron chi connectivity index (χ3n) is 5.54. The summed E-state index contributed by atoms with van der Waals surface area (Å²) in [5, 5.41) is 8.41. The van der Waals surface area contributed by atoms with Gasteiger partial charge in [-0.05, 0) is 25.2 Å². The first-order valence-electron chi connectivity index (χ1n) is 9.85. The summed E-state index contributed by atoms with van der Waals surface area (Å²) in [5.41, 5.74) is 0.743. The summed E-state index contributed by atoms with van der Waals surface area (Å²) in [6.45, 7) is 1.83. The number of carbonyl (C=O) groups is 1. The third-order valence-corrected chi connectivity index (χ3v) is 5.54. The van der Waals surface area contributed by atoms with E-state index in [2.05, 4.69) is 20.3 Å². The second-order valence-electron chi connectivity index (χ2n) is 7.51. The summed E-state index contributed by atoms with van der Waals surface area (Å²) < 4.78 is 7.42. The van der Waals surface area contributed by atoms with Crippen LogP contribution >= 0.6 is 0 Å². The van der Waals surface area contributed by atoms with Gasteiger partial charge in [0.25, 0.3) is 0 Å². The number of nitrogens with zero attached hydrogens (tertiary/aromatic N) is 6.